The number of nitrogens with one attached hydrogen (secondary N) is 1. The second kappa shape index (κ2) is 7.94. The Balaban J connectivity index is 1.81. The van der Waals surface area contributed by atoms with E-state index in [1.165, 1.54) is 6.07 Å². The first-order valence-electron chi connectivity index (χ1n) is 6.92. The van der Waals surface area contributed by atoms with Gasteiger partial charge in [0, 0.05) is 11.0 Å². The highest BCUT2D eigenvalue weighted by atomic mass is 79.9. The Hall–Kier alpha value is -1.88. The van der Waals surface area contributed by atoms with Crippen molar-refractivity contribution in [2.75, 3.05) is 13.7 Å². The molecular weight excluding hydrogens is 349 g/mol. The lowest BCUT2D eigenvalue weighted by molar-refractivity contribution is -0.120. The summed E-state index contributed by atoms with van der Waals surface area (Å²) in [6.07, 6.45) is 0.755. The smallest absolute Gasteiger partial charge is 0.224 e. The molecule has 3 nitrogen and oxygen atoms in total. The van der Waals surface area contributed by atoms with Crippen LogP contribution in [-0.2, 0) is 17.6 Å². The summed E-state index contributed by atoms with van der Waals surface area (Å²) < 4.78 is 19.4. The zero-order valence-corrected chi connectivity index (χ0v) is 13.8. The fraction of sp³-hybridized carbons (Fsp3) is 0.235. The summed E-state index contributed by atoms with van der Waals surface area (Å²) in [5.74, 6) is 0.247. The summed E-state index contributed by atoms with van der Waals surface area (Å²) in [7, 11) is 1.62. The van der Waals surface area contributed by atoms with E-state index in [9.17, 15) is 9.18 Å². The lowest BCUT2D eigenvalue weighted by Gasteiger charge is -2.07. The SMILES string of the molecule is COc1ccc(CCNC(=O)Cc2cc(Br)ccc2F)cc1. The highest BCUT2D eigenvalue weighted by Gasteiger charge is 2.08. The maximum atomic E-state index is 13.6. The van der Waals surface area contributed by atoms with Gasteiger partial charge in [-0.05, 0) is 47.9 Å². The maximum Gasteiger partial charge on any atom is 0.224 e. The van der Waals surface area contributed by atoms with Crippen molar-refractivity contribution in [3.63, 3.8) is 0 Å². The predicted octanol–water partition coefficient (Wildman–Crippen LogP) is 3.50. The molecule has 2 aromatic carbocycles. The van der Waals surface area contributed by atoms with E-state index in [-0.39, 0.29) is 18.1 Å². The number of benzene rings is 2. The zero-order chi connectivity index (χ0) is 15.9. The van der Waals surface area contributed by atoms with Crippen molar-refractivity contribution in [3.8, 4) is 5.75 Å². The molecule has 0 fully saturated rings. The molecule has 0 aliphatic rings. The third-order valence-corrected chi connectivity index (χ3v) is 3.75. The van der Waals surface area contributed by atoms with Gasteiger partial charge >= 0.3 is 0 Å². The number of methoxy groups -OCH3 is 1. The number of amides is 1. The Kier molecular flexibility index (Phi) is 5.95. The Morgan fingerprint density at radius 2 is 1.95 bits per heavy atom. The van der Waals surface area contributed by atoms with Crippen LogP contribution >= 0.6 is 15.9 Å². The van der Waals surface area contributed by atoms with Crippen molar-refractivity contribution >= 4 is 21.8 Å². The van der Waals surface area contributed by atoms with E-state index in [1.54, 1.807) is 19.2 Å². The molecule has 0 aliphatic heterocycles. The molecule has 22 heavy (non-hydrogen) atoms. The molecule has 1 amide bonds. The number of carbonyl (C=O) groups excluding carboxylic acids is 1. The summed E-state index contributed by atoms with van der Waals surface area (Å²) in [5, 5.41) is 2.80. The summed E-state index contributed by atoms with van der Waals surface area (Å²) in [5.41, 5.74) is 1.49. The number of hydrogen-bond donors (Lipinski definition) is 1. The van der Waals surface area contributed by atoms with Crippen LogP contribution in [0.4, 0.5) is 4.39 Å². The lowest BCUT2D eigenvalue weighted by Crippen LogP contribution is -2.27. The molecule has 2 aromatic rings. The van der Waals surface area contributed by atoms with Crippen molar-refractivity contribution in [1.29, 1.82) is 0 Å². The van der Waals surface area contributed by atoms with Crippen LogP contribution in [0.1, 0.15) is 11.1 Å². The molecule has 0 saturated carbocycles. The maximum absolute atomic E-state index is 13.6. The molecule has 2 rings (SSSR count). The first-order chi connectivity index (χ1) is 10.6. The highest BCUT2D eigenvalue weighted by Crippen LogP contribution is 2.16. The average molecular weight is 366 g/mol. The fourth-order valence-corrected chi connectivity index (χ4v) is 2.46. The third kappa shape index (κ3) is 4.84. The molecule has 0 atom stereocenters. The Morgan fingerprint density at radius 3 is 2.64 bits per heavy atom. The van der Waals surface area contributed by atoms with Gasteiger partial charge in [-0.15, -0.1) is 0 Å². The predicted molar refractivity (Wildman–Crippen MR) is 87.5 cm³/mol. The Bertz CT molecular complexity index is 644. The van der Waals surface area contributed by atoms with E-state index < -0.39 is 0 Å². The van der Waals surface area contributed by atoms with Crippen LogP contribution in [0.15, 0.2) is 46.9 Å². The molecule has 0 spiro atoms. The van der Waals surface area contributed by atoms with E-state index in [2.05, 4.69) is 21.2 Å². The molecule has 0 aliphatic carbocycles. The molecular formula is C17H17BrFNO2. The molecule has 0 radical (unpaired) electrons. The van der Waals surface area contributed by atoms with Gasteiger partial charge in [-0.2, -0.15) is 0 Å². The number of ether oxygens (including phenoxy) is 1. The Morgan fingerprint density at radius 1 is 1.23 bits per heavy atom. The second-order valence-electron chi connectivity index (χ2n) is 4.86. The first kappa shape index (κ1) is 16.5. The molecule has 0 unspecified atom stereocenters. The van der Waals surface area contributed by atoms with Gasteiger partial charge in [0.1, 0.15) is 11.6 Å². The quantitative estimate of drug-likeness (QED) is 0.850. The highest BCUT2D eigenvalue weighted by molar-refractivity contribution is 9.10. The van der Waals surface area contributed by atoms with Crippen LogP contribution in [0.25, 0.3) is 0 Å². The van der Waals surface area contributed by atoms with Gasteiger partial charge in [-0.1, -0.05) is 28.1 Å². The van der Waals surface area contributed by atoms with Crippen molar-refractivity contribution < 1.29 is 13.9 Å². The molecule has 0 saturated heterocycles. The van der Waals surface area contributed by atoms with Crippen LogP contribution in [0, 0.1) is 5.82 Å². The minimum absolute atomic E-state index is 0.0356. The van der Waals surface area contributed by atoms with E-state index in [1.807, 2.05) is 24.3 Å². The van der Waals surface area contributed by atoms with Crippen molar-refractivity contribution in [2.24, 2.45) is 0 Å². The summed E-state index contributed by atoms with van der Waals surface area (Å²) in [6.45, 7) is 0.515. The Labute approximate surface area is 137 Å². The van der Waals surface area contributed by atoms with E-state index in [0.29, 0.717) is 12.1 Å². The van der Waals surface area contributed by atoms with Gasteiger partial charge < -0.3 is 10.1 Å². The second-order valence-corrected chi connectivity index (χ2v) is 5.78. The molecule has 5 heteroatoms. The van der Waals surface area contributed by atoms with E-state index >= 15 is 0 Å². The molecule has 0 heterocycles. The number of rotatable bonds is 6. The topological polar surface area (TPSA) is 38.3 Å². The minimum atomic E-state index is -0.367. The van der Waals surface area contributed by atoms with Crippen LogP contribution in [0.5, 0.6) is 5.75 Å². The number of hydrogen-bond acceptors (Lipinski definition) is 2. The first-order valence-corrected chi connectivity index (χ1v) is 7.71. The normalized spacial score (nSPS) is 10.3. The third-order valence-electron chi connectivity index (χ3n) is 3.25. The van der Waals surface area contributed by atoms with E-state index in [4.69, 9.17) is 4.74 Å². The standard InChI is InChI=1S/C17H17BrFNO2/c1-22-15-5-2-12(3-6-15)8-9-20-17(21)11-13-10-14(18)4-7-16(13)19/h2-7,10H,8-9,11H2,1H3,(H,20,21). The van der Waals surface area contributed by atoms with Gasteiger partial charge in [-0.3, -0.25) is 4.79 Å². The average Bonchev–Trinajstić information content (AvgIpc) is 2.51. The van der Waals surface area contributed by atoms with Crippen LogP contribution in [-0.4, -0.2) is 19.6 Å². The fourth-order valence-electron chi connectivity index (χ4n) is 2.05. The molecule has 1 N–H and O–H groups in total. The minimum Gasteiger partial charge on any atom is -0.497 e. The molecule has 0 aromatic heterocycles. The molecule has 116 valence electrons. The van der Waals surface area contributed by atoms with Crippen molar-refractivity contribution in [2.45, 2.75) is 12.8 Å². The van der Waals surface area contributed by atoms with Crippen molar-refractivity contribution in [1.82, 2.24) is 5.32 Å². The number of halogens is 2. The van der Waals surface area contributed by atoms with Crippen LogP contribution in [0.2, 0.25) is 0 Å². The number of carbonyl (C=O) groups is 1. The largest absolute Gasteiger partial charge is 0.497 e. The van der Waals surface area contributed by atoms with Gasteiger partial charge in [0.2, 0.25) is 5.91 Å². The summed E-state index contributed by atoms with van der Waals surface area (Å²) >= 11 is 3.27. The van der Waals surface area contributed by atoms with Gasteiger partial charge in [-0.25, -0.2) is 4.39 Å². The van der Waals surface area contributed by atoms with Crippen LogP contribution < -0.4 is 10.1 Å². The van der Waals surface area contributed by atoms with Crippen LogP contribution in [0.3, 0.4) is 0 Å². The monoisotopic (exact) mass is 365 g/mol. The van der Waals surface area contributed by atoms with Gasteiger partial charge in [0.05, 0.1) is 13.5 Å². The van der Waals surface area contributed by atoms with E-state index in [0.717, 1.165) is 22.2 Å². The van der Waals surface area contributed by atoms with Gasteiger partial charge in [0.15, 0.2) is 0 Å². The molecule has 0 bridgehead atoms. The summed E-state index contributed by atoms with van der Waals surface area (Å²) in [6, 6.07) is 12.3. The summed E-state index contributed by atoms with van der Waals surface area (Å²) in [4.78, 5) is 11.9. The zero-order valence-electron chi connectivity index (χ0n) is 12.2. The van der Waals surface area contributed by atoms with Crippen molar-refractivity contribution in [3.05, 3.63) is 63.9 Å². The van der Waals surface area contributed by atoms with Gasteiger partial charge in [0.25, 0.3) is 0 Å². The lowest BCUT2D eigenvalue weighted by atomic mass is 10.1.